The largest absolute Gasteiger partial charge is 0.312 e. The number of amides is 1. The van der Waals surface area contributed by atoms with Gasteiger partial charge in [-0.25, -0.2) is 0 Å². The molecular formula is C15H21NO. The van der Waals surface area contributed by atoms with Crippen LogP contribution in [0.3, 0.4) is 0 Å². The van der Waals surface area contributed by atoms with Crippen molar-refractivity contribution in [3.8, 4) is 0 Å². The van der Waals surface area contributed by atoms with E-state index in [1.165, 1.54) is 11.1 Å². The minimum atomic E-state index is 0.0601. The van der Waals surface area contributed by atoms with Crippen LogP contribution in [0.15, 0.2) is 18.2 Å². The number of carbonyl (C=O) groups excluding carboxylic acids is 1. The van der Waals surface area contributed by atoms with E-state index >= 15 is 0 Å². The molecule has 92 valence electrons. The van der Waals surface area contributed by atoms with Crippen LogP contribution in [0.5, 0.6) is 0 Å². The zero-order chi connectivity index (χ0) is 12.6. The molecule has 1 aliphatic heterocycles. The van der Waals surface area contributed by atoms with Crippen molar-refractivity contribution in [3.05, 3.63) is 29.3 Å². The maximum absolute atomic E-state index is 12.2. The number of fused-ring (bicyclic) bond motifs is 1. The molecule has 1 aliphatic rings. The second-order valence-electron chi connectivity index (χ2n) is 6.16. The van der Waals surface area contributed by atoms with Crippen LogP contribution >= 0.6 is 0 Å². The molecule has 0 aliphatic carbocycles. The second-order valence-corrected chi connectivity index (χ2v) is 6.16. The highest BCUT2D eigenvalue weighted by atomic mass is 16.2. The van der Waals surface area contributed by atoms with E-state index in [9.17, 15) is 4.79 Å². The zero-order valence-electron chi connectivity index (χ0n) is 11.2. The lowest BCUT2D eigenvalue weighted by Crippen LogP contribution is -2.31. The van der Waals surface area contributed by atoms with Crippen LogP contribution in [-0.4, -0.2) is 12.5 Å². The van der Waals surface area contributed by atoms with Gasteiger partial charge in [-0.2, -0.15) is 0 Å². The molecule has 1 heterocycles. The molecule has 0 fully saturated rings. The van der Waals surface area contributed by atoms with Gasteiger partial charge in [0.25, 0.3) is 0 Å². The number of hydrogen-bond acceptors (Lipinski definition) is 1. The van der Waals surface area contributed by atoms with Gasteiger partial charge in [-0.15, -0.1) is 0 Å². The Morgan fingerprint density at radius 1 is 1.35 bits per heavy atom. The van der Waals surface area contributed by atoms with Gasteiger partial charge in [-0.05, 0) is 30.4 Å². The van der Waals surface area contributed by atoms with Gasteiger partial charge in [0.05, 0.1) is 0 Å². The summed E-state index contributed by atoms with van der Waals surface area (Å²) in [6, 6.07) is 6.36. The maximum atomic E-state index is 12.2. The molecule has 0 unspecified atom stereocenters. The Bertz CT molecular complexity index is 443. The predicted octanol–water partition coefficient (Wildman–Crippen LogP) is 3.32. The molecule has 2 nitrogen and oxygen atoms in total. The lowest BCUT2D eigenvalue weighted by Gasteiger charge is -2.23. The van der Waals surface area contributed by atoms with Crippen LogP contribution in [0.1, 0.15) is 38.3 Å². The first-order valence-electron chi connectivity index (χ1n) is 6.27. The van der Waals surface area contributed by atoms with Crippen molar-refractivity contribution >= 4 is 11.6 Å². The van der Waals surface area contributed by atoms with Gasteiger partial charge >= 0.3 is 0 Å². The number of rotatable bonds is 1. The van der Waals surface area contributed by atoms with E-state index in [4.69, 9.17) is 0 Å². The van der Waals surface area contributed by atoms with Crippen molar-refractivity contribution in [1.82, 2.24) is 0 Å². The number of anilines is 1. The van der Waals surface area contributed by atoms with Crippen LogP contribution in [0.25, 0.3) is 0 Å². The lowest BCUT2D eigenvalue weighted by atomic mass is 9.91. The fraction of sp³-hybridized carbons (Fsp3) is 0.533. The van der Waals surface area contributed by atoms with E-state index < -0.39 is 0 Å². The van der Waals surface area contributed by atoms with Gasteiger partial charge in [0.1, 0.15) is 0 Å². The fourth-order valence-electron chi connectivity index (χ4n) is 2.34. The molecule has 0 aromatic heterocycles. The van der Waals surface area contributed by atoms with Gasteiger partial charge in [-0.3, -0.25) is 4.79 Å². The third kappa shape index (κ3) is 2.68. The van der Waals surface area contributed by atoms with Gasteiger partial charge in [0.15, 0.2) is 0 Å². The van der Waals surface area contributed by atoms with E-state index in [-0.39, 0.29) is 11.3 Å². The standard InChI is InChI=1S/C15H21NO/c1-11-5-6-13-12(9-11)7-8-16(13)14(17)10-15(2,3)4/h5-6,9H,7-8,10H2,1-4H3. The minimum Gasteiger partial charge on any atom is -0.312 e. The van der Waals surface area contributed by atoms with E-state index in [0.29, 0.717) is 6.42 Å². The summed E-state index contributed by atoms with van der Waals surface area (Å²) in [5.41, 5.74) is 3.76. The monoisotopic (exact) mass is 231 g/mol. The number of carbonyl (C=O) groups is 1. The van der Waals surface area contributed by atoms with Crippen molar-refractivity contribution < 1.29 is 4.79 Å². The SMILES string of the molecule is Cc1ccc2c(c1)CCN2C(=O)CC(C)(C)C. The molecule has 2 rings (SSSR count). The predicted molar refractivity (Wildman–Crippen MR) is 71.3 cm³/mol. The Labute approximate surface area is 104 Å². The van der Waals surface area contributed by atoms with E-state index in [0.717, 1.165) is 18.7 Å². The van der Waals surface area contributed by atoms with Gasteiger partial charge in [-0.1, -0.05) is 38.5 Å². The number of aryl methyl sites for hydroxylation is 1. The highest BCUT2D eigenvalue weighted by molar-refractivity contribution is 5.95. The third-order valence-corrected chi connectivity index (χ3v) is 3.11. The van der Waals surface area contributed by atoms with Crippen molar-refractivity contribution in [2.75, 3.05) is 11.4 Å². The summed E-state index contributed by atoms with van der Waals surface area (Å²) in [6.07, 6.45) is 1.60. The zero-order valence-corrected chi connectivity index (χ0v) is 11.2. The summed E-state index contributed by atoms with van der Waals surface area (Å²) in [5, 5.41) is 0. The summed E-state index contributed by atoms with van der Waals surface area (Å²) in [7, 11) is 0. The molecule has 0 saturated heterocycles. The van der Waals surface area contributed by atoms with Gasteiger partial charge in [0, 0.05) is 18.7 Å². The lowest BCUT2D eigenvalue weighted by molar-refractivity contribution is -0.120. The Hall–Kier alpha value is -1.31. The minimum absolute atomic E-state index is 0.0601. The quantitative estimate of drug-likeness (QED) is 0.726. The summed E-state index contributed by atoms with van der Waals surface area (Å²) in [4.78, 5) is 14.2. The van der Waals surface area contributed by atoms with Crippen molar-refractivity contribution in [3.63, 3.8) is 0 Å². The molecule has 1 aromatic rings. The first kappa shape index (κ1) is 12.2. The molecular weight excluding hydrogens is 210 g/mol. The topological polar surface area (TPSA) is 20.3 Å². The van der Waals surface area contributed by atoms with Crippen LogP contribution in [0.2, 0.25) is 0 Å². The molecule has 0 saturated carbocycles. The Kier molecular flexibility index (Phi) is 2.98. The highest BCUT2D eigenvalue weighted by Crippen LogP contribution is 2.31. The van der Waals surface area contributed by atoms with Crippen LogP contribution < -0.4 is 4.90 Å². The smallest absolute Gasteiger partial charge is 0.227 e. The normalized spacial score (nSPS) is 14.9. The van der Waals surface area contributed by atoms with Crippen LogP contribution in [-0.2, 0) is 11.2 Å². The van der Waals surface area contributed by atoms with E-state index in [2.05, 4.69) is 45.9 Å². The summed E-state index contributed by atoms with van der Waals surface area (Å²) in [6.45, 7) is 9.26. The summed E-state index contributed by atoms with van der Waals surface area (Å²) in [5.74, 6) is 0.250. The summed E-state index contributed by atoms with van der Waals surface area (Å²) < 4.78 is 0. The van der Waals surface area contributed by atoms with Crippen LogP contribution in [0.4, 0.5) is 5.69 Å². The number of nitrogens with zero attached hydrogens (tertiary/aromatic N) is 1. The van der Waals surface area contributed by atoms with Crippen LogP contribution in [0, 0.1) is 12.3 Å². The third-order valence-electron chi connectivity index (χ3n) is 3.11. The van der Waals surface area contributed by atoms with Gasteiger partial charge < -0.3 is 4.90 Å². The molecule has 0 spiro atoms. The molecule has 1 aromatic carbocycles. The first-order valence-corrected chi connectivity index (χ1v) is 6.27. The van der Waals surface area contributed by atoms with Crippen molar-refractivity contribution in [2.45, 2.75) is 40.5 Å². The molecule has 0 atom stereocenters. The Morgan fingerprint density at radius 3 is 2.71 bits per heavy atom. The average Bonchev–Trinajstić information content (AvgIpc) is 2.57. The first-order chi connectivity index (χ1) is 7.87. The molecule has 2 heteroatoms. The van der Waals surface area contributed by atoms with Gasteiger partial charge in [0.2, 0.25) is 5.91 Å². The summed E-state index contributed by atoms with van der Waals surface area (Å²) >= 11 is 0. The Balaban J connectivity index is 2.20. The molecule has 0 bridgehead atoms. The second kappa shape index (κ2) is 4.17. The maximum Gasteiger partial charge on any atom is 0.227 e. The van der Waals surface area contributed by atoms with Crippen molar-refractivity contribution in [1.29, 1.82) is 0 Å². The average molecular weight is 231 g/mol. The molecule has 0 N–H and O–H groups in total. The molecule has 17 heavy (non-hydrogen) atoms. The molecule has 0 radical (unpaired) electrons. The number of benzene rings is 1. The highest BCUT2D eigenvalue weighted by Gasteiger charge is 2.27. The van der Waals surface area contributed by atoms with Crippen molar-refractivity contribution in [2.24, 2.45) is 5.41 Å². The molecule has 1 amide bonds. The fourth-order valence-corrected chi connectivity index (χ4v) is 2.34. The van der Waals surface area contributed by atoms with E-state index in [1.54, 1.807) is 0 Å². The number of hydrogen-bond donors (Lipinski definition) is 0. The Morgan fingerprint density at radius 2 is 2.06 bits per heavy atom. The van der Waals surface area contributed by atoms with E-state index in [1.807, 2.05) is 4.90 Å².